The number of carbonyl (C=O) groups excluding carboxylic acids is 1. The highest BCUT2D eigenvalue weighted by Crippen LogP contribution is 2.38. The number of rotatable bonds is 5. The minimum atomic E-state index is -1.85. The lowest BCUT2D eigenvalue weighted by atomic mass is 10.2. The van der Waals surface area contributed by atoms with Crippen molar-refractivity contribution in [2.24, 2.45) is 0 Å². The maximum atomic E-state index is 10.7. The second-order valence-electron chi connectivity index (χ2n) is 7.30. The number of ether oxygens (including phenoxy) is 2. The number of carbonyl (C=O) groups is 1. The predicted molar refractivity (Wildman–Crippen MR) is 89.1 cm³/mol. The van der Waals surface area contributed by atoms with Crippen LogP contribution < -0.4 is 4.74 Å². The van der Waals surface area contributed by atoms with Crippen molar-refractivity contribution in [1.82, 2.24) is 0 Å². The SMILES string of the molecule is CC(C)(C)[Si](C)(C)O[C@H]1COC[C@@H]1Oc1ccc(C=O)cc1. The molecule has 1 aromatic carbocycles. The molecule has 1 aliphatic rings. The smallest absolute Gasteiger partial charge is 0.192 e. The highest BCUT2D eigenvalue weighted by molar-refractivity contribution is 6.74. The summed E-state index contributed by atoms with van der Waals surface area (Å²) in [6.07, 6.45) is 0.689. The minimum Gasteiger partial charge on any atom is -0.485 e. The summed E-state index contributed by atoms with van der Waals surface area (Å²) >= 11 is 0. The fourth-order valence-corrected chi connectivity index (χ4v) is 3.42. The number of hydrogen-bond acceptors (Lipinski definition) is 4. The summed E-state index contributed by atoms with van der Waals surface area (Å²) in [5.41, 5.74) is 0.643. The molecule has 1 heterocycles. The average Bonchev–Trinajstić information content (AvgIpc) is 2.85. The molecule has 0 saturated carbocycles. The van der Waals surface area contributed by atoms with Gasteiger partial charge >= 0.3 is 0 Å². The van der Waals surface area contributed by atoms with Crippen LogP contribution in [0, 0.1) is 0 Å². The van der Waals surface area contributed by atoms with Gasteiger partial charge in [0.15, 0.2) is 8.32 Å². The first kappa shape index (κ1) is 17.2. The van der Waals surface area contributed by atoms with Crippen LogP contribution in [0.3, 0.4) is 0 Å². The third-order valence-corrected chi connectivity index (χ3v) is 9.04. The predicted octanol–water partition coefficient (Wildman–Crippen LogP) is 3.67. The lowest BCUT2D eigenvalue weighted by Gasteiger charge is -2.39. The van der Waals surface area contributed by atoms with Crippen LogP contribution in [0.1, 0.15) is 31.1 Å². The van der Waals surface area contributed by atoms with E-state index >= 15 is 0 Å². The highest BCUT2D eigenvalue weighted by atomic mass is 28.4. The molecule has 0 spiro atoms. The molecule has 22 heavy (non-hydrogen) atoms. The van der Waals surface area contributed by atoms with E-state index in [0.29, 0.717) is 18.8 Å². The van der Waals surface area contributed by atoms with Gasteiger partial charge in [-0.1, -0.05) is 20.8 Å². The first-order chi connectivity index (χ1) is 10.2. The van der Waals surface area contributed by atoms with Crippen LogP contribution in [0.15, 0.2) is 24.3 Å². The van der Waals surface area contributed by atoms with E-state index in [1.54, 1.807) is 12.1 Å². The van der Waals surface area contributed by atoms with Crippen molar-refractivity contribution in [3.63, 3.8) is 0 Å². The summed E-state index contributed by atoms with van der Waals surface area (Å²) in [6.45, 7) is 12.3. The van der Waals surface area contributed by atoms with Crippen molar-refractivity contribution >= 4 is 14.6 Å². The number of aldehydes is 1. The first-order valence-corrected chi connectivity index (χ1v) is 10.6. The number of benzene rings is 1. The summed E-state index contributed by atoms with van der Waals surface area (Å²) in [5, 5.41) is 0.158. The molecule has 0 aromatic heterocycles. The second kappa shape index (κ2) is 6.52. The molecule has 0 amide bonds. The summed E-state index contributed by atoms with van der Waals surface area (Å²) in [7, 11) is -1.85. The molecule has 0 radical (unpaired) electrons. The van der Waals surface area contributed by atoms with Crippen LogP contribution in [-0.4, -0.2) is 40.0 Å². The zero-order chi connectivity index (χ0) is 16.4. The van der Waals surface area contributed by atoms with Crippen molar-refractivity contribution in [2.45, 2.75) is 51.1 Å². The third kappa shape index (κ3) is 3.97. The zero-order valence-electron chi connectivity index (χ0n) is 14.1. The van der Waals surface area contributed by atoms with Crippen molar-refractivity contribution in [1.29, 1.82) is 0 Å². The van der Waals surface area contributed by atoms with Gasteiger partial charge in [-0.25, -0.2) is 0 Å². The summed E-state index contributed by atoms with van der Waals surface area (Å²) in [5.74, 6) is 0.741. The third-order valence-electron chi connectivity index (χ3n) is 4.53. The van der Waals surface area contributed by atoms with Crippen LogP contribution in [0.5, 0.6) is 5.75 Å². The Labute approximate surface area is 133 Å². The van der Waals surface area contributed by atoms with E-state index in [1.165, 1.54) is 0 Å². The molecule has 2 rings (SSSR count). The van der Waals surface area contributed by atoms with Gasteiger partial charge in [0, 0.05) is 5.56 Å². The van der Waals surface area contributed by atoms with Crippen molar-refractivity contribution in [2.75, 3.05) is 13.2 Å². The van der Waals surface area contributed by atoms with Crippen molar-refractivity contribution in [3.05, 3.63) is 29.8 Å². The van der Waals surface area contributed by atoms with E-state index in [2.05, 4.69) is 33.9 Å². The maximum absolute atomic E-state index is 10.7. The van der Waals surface area contributed by atoms with Crippen LogP contribution in [0.4, 0.5) is 0 Å². The van der Waals surface area contributed by atoms with Crippen molar-refractivity contribution < 1.29 is 18.7 Å². The topological polar surface area (TPSA) is 44.8 Å². The van der Waals surface area contributed by atoms with E-state index in [4.69, 9.17) is 13.9 Å². The lowest BCUT2D eigenvalue weighted by molar-refractivity contribution is 0.0807. The fraction of sp³-hybridized carbons (Fsp3) is 0.588. The molecule has 1 aliphatic heterocycles. The number of hydrogen-bond donors (Lipinski definition) is 0. The Kier molecular flexibility index (Phi) is 5.09. The standard InChI is InChI=1S/C17H26O4Si/c1-17(2,3)22(4,5)21-16-12-19-11-15(16)20-14-8-6-13(10-18)7-9-14/h6-10,15-16H,11-12H2,1-5H3/t15-,16-/m0/s1. The van der Waals surface area contributed by atoms with Crippen LogP contribution in [-0.2, 0) is 9.16 Å². The van der Waals surface area contributed by atoms with Gasteiger partial charge in [-0.05, 0) is 42.4 Å². The van der Waals surface area contributed by atoms with E-state index in [0.717, 1.165) is 12.0 Å². The largest absolute Gasteiger partial charge is 0.485 e. The molecule has 1 saturated heterocycles. The maximum Gasteiger partial charge on any atom is 0.192 e. The molecule has 0 aliphatic carbocycles. The first-order valence-electron chi connectivity index (χ1n) is 7.70. The Morgan fingerprint density at radius 3 is 2.27 bits per heavy atom. The summed E-state index contributed by atoms with van der Waals surface area (Å²) in [4.78, 5) is 10.7. The quantitative estimate of drug-likeness (QED) is 0.613. The van der Waals surface area contributed by atoms with Gasteiger partial charge < -0.3 is 13.9 Å². The van der Waals surface area contributed by atoms with Gasteiger partial charge in [0.05, 0.1) is 13.2 Å². The van der Waals surface area contributed by atoms with Gasteiger partial charge in [0.1, 0.15) is 24.2 Å². The Bertz CT molecular complexity index is 504. The van der Waals surface area contributed by atoms with E-state index in [9.17, 15) is 4.79 Å². The highest BCUT2D eigenvalue weighted by Gasteiger charge is 2.43. The normalized spacial score (nSPS) is 22.6. The van der Waals surface area contributed by atoms with E-state index < -0.39 is 8.32 Å². The summed E-state index contributed by atoms with van der Waals surface area (Å²) in [6, 6.07) is 7.13. The molecule has 4 nitrogen and oxygen atoms in total. The summed E-state index contributed by atoms with van der Waals surface area (Å²) < 4.78 is 18.0. The van der Waals surface area contributed by atoms with Crippen LogP contribution in [0.25, 0.3) is 0 Å². The van der Waals surface area contributed by atoms with Crippen LogP contribution >= 0.6 is 0 Å². The van der Waals surface area contributed by atoms with Gasteiger partial charge in [-0.2, -0.15) is 0 Å². The molecule has 1 fully saturated rings. The minimum absolute atomic E-state index is 0.0355. The average molecular weight is 322 g/mol. The molecule has 0 N–H and O–H groups in total. The van der Waals surface area contributed by atoms with Gasteiger partial charge in [-0.3, -0.25) is 4.79 Å². The molecule has 0 unspecified atom stereocenters. The van der Waals surface area contributed by atoms with Crippen LogP contribution in [0.2, 0.25) is 18.1 Å². The Hall–Kier alpha value is -1.17. The molecular weight excluding hydrogens is 296 g/mol. The van der Waals surface area contributed by atoms with Crippen molar-refractivity contribution in [3.8, 4) is 5.75 Å². The van der Waals surface area contributed by atoms with Gasteiger partial charge in [0.2, 0.25) is 0 Å². The second-order valence-corrected chi connectivity index (χ2v) is 12.1. The molecule has 122 valence electrons. The van der Waals surface area contributed by atoms with E-state index in [1.807, 2.05) is 12.1 Å². The Balaban J connectivity index is 2.02. The van der Waals surface area contributed by atoms with Gasteiger partial charge in [0.25, 0.3) is 0 Å². The lowest BCUT2D eigenvalue weighted by Crippen LogP contribution is -2.47. The Morgan fingerprint density at radius 1 is 1.14 bits per heavy atom. The molecular formula is C17H26O4Si. The molecule has 1 aromatic rings. The molecule has 0 bridgehead atoms. The monoisotopic (exact) mass is 322 g/mol. The Morgan fingerprint density at radius 2 is 1.73 bits per heavy atom. The van der Waals surface area contributed by atoms with E-state index in [-0.39, 0.29) is 17.2 Å². The van der Waals surface area contributed by atoms with Gasteiger partial charge in [-0.15, -0.1) is 0 Å². The zero-order valence-corrected chi connectivity index (χ0v) is 15.1. The molecule has 2 atom stereocenters. The fourth-order valence-electron chi connectivity index (χ4n) is 2.09. The molecule has 5 heteroatoms.